The molecular formula is C16H27ClN2OS. The number of carbonyl (C=O) groups excluding carboxylic acids is 1. The van der Waals surface area contributed by atoms with Crippen LogP contribution >= 0.6 is 23.7 Å². The highest BCUT2D eigenvalue weighted by Gasteiger charge is 2.24. The molecule has 1 aromatic heterocycles. The van der Waals surface area contributed by atoms with Crippen molar-refractivity contribution in [1.29, 1.82) is 0 Å². The third-order valence-electron chi connectivity index (χ3n) is 4.14. The molecule has 2 heterocycles. The van der Waals surface area contributed by atoms with Crippen LogP contribution in [0.15, 0.2) is 6.07 Å². The van der Waals surface area contributed by atoms with Gasteiger partial charge in [0.1, 0.15) is 0 Å². The summed E-state index contributed by atoms with van der Waals surface area (Å²) in [6, 6.07) is 2.07. The van der Waals surface area contributed by atoms with Crippen molar-refractivity contribution >= 4 is 29.7 Å². The van der Waals surface area contributed by atoms with Crippen LogP contribution in [0.3, 0.4) is 0 Å². The van der Waals surface area contributed by atoms with Crippen LogP contribution in [0.4, 0.5) is 0 Å². The third kappa shape index (κ3) is 4.70. The Morgan fingerprint density at radius 1 is 1.38 bits per heavy atom. The van der Waals surface area contributed by atoms with Gasteiger partial charge in [0.05, 0.1) is 4.88 Å². The molecule has 1 aliphatic rings. The first kappa shape index (κ1) is 18.5. The summed E-state index contributed by atoms with van der Waals surface area (Å²) in [5.41, 5.74) is 1.27. The summed E-state index contributed by atoms with van der Waals surface area (Å²) < 4.78 is 0. The van der Waals surface area contributed by atoms with Gasteiger partial charge < -0.3 is 10.2 Å². The lowest BCUT2D eigenvalue weighted by Crippen LogP contribution is -2.40. The molecule has 0 spiro atoms. The quantitative estimate of drug-likeness (QED) is 0.896. The largest absolute Gasteiger partial charge is 0.338 e. The number of nitrogens with zero attached hydrogens (tertiary/aromatic N) is 1. The smallest absolute Gasteiger partial charge is 0.263 e. The van der Waals surface area contributed by atoms with E-state index < -0.39 is 0 Å². The van der Waals surface area contributed by atoms with Gasteiger partial charge in [0.25, 0.3) is 5.91 Å². The molecule has 1 fully saturated rings. The van der Waals surface area contributed by atoms with Gasteiger partial charge >= 0.3 is 0 Å². The number of hydrogen-bond acceptors (Lipinski definition) is 3. The number of amides is 1. The van der Waals surface area contributed by atoms with Crippen LogP contribution in [0.5, 0.6) is 0 Å². The number of thiophene rings is 1. The molecule has 5 heteroatoms. The van der Waals surface area contributed by atoms with Crippen LogP contribution < -0.4 is 5.32 Å². The molecule has 0 bridgehead atoms. The lowest BCUT2D eigenvalue weighted by molar-refractivity contribution is 0.0695. The first-order valence-electron chi connectivity index (χ1n) is 7.75. The second-order valence-electron chi connectivity index (χ2n) is 5.61. The minimum Gasteiger partial charge on any atom is -0.338 e. The van der Waals surface area contributed by atoms with E-state index in [9.17, 15) is 4.79 Å². The molecule has 0 aliphatic carbocycles. The molecular weight excluding hydrogens is 304 g/mol. The van der Waals surface area contributed by atoms with E-state index in [0.29, 0.717) is 0 Å². The van der Waals surface area contributed by atoms with Gasteiger partial charge in [-0.3, -0.25) is 4.79 Å². The van der Waals surface area contributed by atoms with Gasteiger partial charge in [-0.25, -0.2) is 0 Å². The topological polar surface area (TPSA) is 32.3 Å². The van der Waals surface area contributed by atoms with Crippen molar-refractivity contribution in [3.63, 3.8) is 0 Å². The van der Waals surface area contributed by atoms with Crippen molar-refractivity contribution in [2.24, 2.45) is 5.92 Å². The number of likely N-dealkylation sites (tertiary alicyclic amines) is 1. The van der Waals surface area contributed by atoms with Crippen LogP contribution in [0, 0.1) is 12.8 Å². The van der Waals surface area contributed by atoms with E-state index in [-0.39, 0.29) is 18.3 Å². The molecule has 0 atom stereocenters. The fourth-order valence-electron chi connectivity index (χ4n) is 2.82. The normalized spacial score (nSPS) is 15.9. The summed E-state index contributed by atoms with van der Waals surface area (Å²) in [6.45, 7) is 10.3. The maximum atomic E-state index is 12.5. The molecule has 0 aromatic carbocycles. The number of nitrogens with one attached hydrogen (secondary N) is 1. The minimum absolute atomic E-state index is 0. The van der Waals surface area contributed by atoms with Crippen molar-refractivity contribution in [2.75, 3.05) is 26.2 Å². The van der Waals surface area contributed by atoms with Crippen LogP contribution in [0.2, 0.25) is 0 Å². The fourth-order valence-corrected chi connectivity index (χ4v) is 3.90. The van der Waals surface area contributed by atoms with E-state index in [2.05, 4.69) is 32.2 Å². The van der Waals surface area contributed by atoms with Gasteiger partial charge in [-0.05, 0) is 56.8 Å². The summed E-state index contributed by atoms with van der Waals surface area (Å²) >= 11 is 1.67. The van der Waals surface area contributed by atoms with Gasteiger partial charge in [0, 0.05) is 18.0 Å². The Morgan fingerprint density at radius 2 is 2.05 bits per heavy atom. The van der Waals surface area contributed by atoms with Crippen LogP contribution in [0.25, 0.3) is 0 Å². The Morgan fingerprint density at radius 3 is 2.57 bits per heavy atom. The zero-order valence-electron chi connectivity index (χ0n) is 13.3. The highest BCUT2D eigenvalue weighted by molar-refractivity contribution is 7.14. The number of aryl methyl sites for hydroxylation is 2. The molecule has 1 N–H and O–H groups in total. The van der Waals surface area contributed by atoms with Crippen LogP contribution in [0.1, 0.15) is 46.8 Å². The predicted octanol–water partition coefficient (Wildman–Crippen LogP) is 3.50. The third-order valence-corrected chi connectivity index (χ3v) is 5.51. The fraction of sp³-hybridized carbons (Fsp3) is 0.688. The highest BCUT2D eigenvalue weighted by atomic mass is 35.5. The SMILES string of the molecule is CCNCC1CCN(C(=O)c2cc(C)c(CC)s2)CC1.Cl. The molecule has 0 radical (unpaired) electrons. The van der Waals surface area contributed by atoms with Gasteiger partial charge in [-0.15, -0.1) is 23.7 Å². The lowest BCUT2D eigenvalue weighted by atomic mass is 9.96. The standard InChI is InChI=1S/C16H26N2OS.ClH/c1-4-14-12(3)10-15(20-14)16(19)18-8-6-13(7-9-18)11-17-5-2;/h10,13,17H,4-9,11H2,1-3H3;1H. The molecule has 120 valence electrons. The molecule has 1 saturated heterocycles. The van der Waals surface area contributed by atoms with Crippen molar-refractivity contribution in [3.8, 4) is 0 Å². The monoisotopic (exact) mass is 330 g/mol. The molecule has 1 aliphatic heterocycles. The Labute approximate surface area is 138 Å². The first-order chi connectivity index (χ1) is 9.65. The van der Waals surface area contributed by atoms with Gasteiger partial charge in [-0.2, -0.15) is 0 Å². The predicted molar refractivity (Wildman–Crippen MR) is 92.9 cm³/mol. The van der Waals surface area contributed by atoms with Gasteiger partial charge in [0.2, 0.25) is 0 Å². The molecule has 2 rings (SSSR count). The Balaban J connectivity index is 0.00000220. The van der Waals surface area contributed by atoms with E-state index in [4.69, 9.17) is 0 Å². The van der Waals surface area contributed by atoms with E-state index >= 15 is 0 Å². The first-order valence-corrected chi connectivity index (χ1v) is 8.56. The Kier molecular flexibility index (Phi) is 7.71. The zero-order valence-corrected chi connectivity index (χ0v) is 14.9. The molecule has 3 nitrogen and oxygen atoms in total. The summed E-state index contributed by atoms with van der Waals surface area (Å²) in [6.07, 6.45) is 3.28. The second-order valence-corrected chi connectivity index (χ2v) is 6.75. The number of rotatable bonds is 5. The van der Waals surface area contributed by atoms with Crippen LogP contribution in [-0.2, 0) is 6.42 Å². The summed E-state index contributed by atoms with van der Waals surface area (Å²) in [4.78, 5) is 16.8. The van der Waals surface area contributed by atoms with Crippen molar-refractivity contribution in [3.05, 3.63) is 21.4 Å². The van der Waals surface area contributed by atoms with Crippen LogP contribution in [-0.4, -0.2) is 37.0 Å². The van der Waals surface area contributed by atoms with Crippen molar-refractivity contribution in [1.82, 2.24) is 10.2 Å². The lowest BCUT2D eigenvalue weighted by Gasteiger charge is -2.31. The number of carbonyl (C=O) groups is 1. The number of halogens is 1. The molecule has 0 unspecified atom stereocenters. The minimum atomic E-state index is 0. The molecule has 1 amide bonds. The maximum absolute atomic E-state index is 12.5. The Bertz CT molecular complexity index is 453. The van der Waals surface area contributed by atoms with E-state index in [1.54, 1.807) is 11.3 Å². The van der Waals surface area contributed by atoms with E-state index in [1.807, 2.05) is 4.90 Å². The highest BCUT2D eigenvalue weighted by Crippen LogP contribution is 2.25. The average molecular weight is 331 g/mol. The van der Waals surface area contributed by atoms with Gasteiger partial charge in [0.15, 0.2) is 0 Å². The number of piperidine rings is 1. The summed E-state index contributed by atoms with van der Waals surface area (Å²) in [7, 11) is 0. The van der Waals surface area contributed by atoms with E-state index in [0.717, 1.165) is 56.2 Å². The molecule has 1 aromatic rings. The average Bonchev–Trinajstić information content (AvgIpc) is 2.86. The second kappa shape index (κ2) is 8.76. The molecule has 0 saturated carbocycles. The zero-order chi connectivity index (χ0) is 14.5. The van der Waals surface area contributed by atoms with Gasteiger partial charge in [-0.1, -0.05) is 13.8 Å². The van der Waals surface area contributed by atoms with Crippen molar-refractivity contribution in [2.45, 2.75) is 40.0 Å². The number of hydrogen-bond donors (Lipinski definition) is 1. The Hall–Kier alpha value is -0.580. The molecule has 21 heavy (non-hydrogen) atoms. The summed E-state index contributed by atoms with van der Waals surface area (Å²) in [5.74, 6) is 0.968. The van der Waals surface area contributed by atoms with E-state index in [1.165, 1.54) is 10.4 Å². The summed E-state index contributed by atoms with van der Waals surface area (Å²) in [5, 5.41) is 3.41. The van der Waals surface area contributed by atoms with Crippen molar-refractivity contribution < 1.29 is 4.79 Å². The maximum Gasteiger partial charge on any atom is 0.263 e.